The summed E-state index contributed by atoms with van der Waals surface area (Å²) in [6.45, 7) is 1.87. The smallest absolute Gasteiger partial charge is 0.293 e. The molecule has 3 rings (SSSR count). The van der Waals surface area contributed by atoms with Crippen LogP contribution in [0.5, 0.6) is 11.5 Å². The summed E-state index contributed by atoms with van der Waals surface area (Å²) < 4.78 is 11.7. The molecule has 11 heteroatoms. The quantitative estimate of drug-likeness (QED) is 0.150. The number of non-ortho nitro benzene ring substituents is 1. The van der Waals surface area contributed by atoms with Gasteiger partial charge >= 0.3 is 0 Å². The number of carbonyl (C=O) groups excluding carboxylic acids is 3. The van der Waals surface area contributed by atoms with Crippen molar-refractivity contribution >= 4 is 63.0 Å². The Kier molecular flexibility index (Phi) is 7.51. The van der Waals surface area contributed by atoms with Gasteiger partial charge in [0, 0.05) is 17.7 Å². The molecule has 166 valence electrons. The Morgan fingerprint density at radius 3 is 2.53 bits per heavy atom. The van der Waals surface area contributed by atoms with Gasteiger partial charge in [-0.15, -0.1) is 0 Å². The van der Waals surface area contributed by atoms with E-state index in [9.17, 15) is 24.5 Å². The molecule has 1 aliphatic rings. The second kappa shape index (κ2) is 10.1. The molecule has 1 saturated heterocycles. The van der Waals surface area contributed by atoms with E-state index in [-0.39, 0.29) is 16.2 Å². The molecule has 2 aromatic rings. The highest BCUT2D eigenvalue weighted by molar-refractivity contribution is 14.1. The highest BCUT2D eigenvalue weighted by Crippen LogP contribution is 2.37. The molecule has 2 aromatic carbocycles. The van der Waals surface area contributed by atoms with Crippen molar-refractivity contribution in [2.45, 2.75) is 6.92 Å². The minimum atomic E-state index is -0.585. The van der Waals surface area contributed by atoms with Gasteiger partial charge in [-0.2, -0.15) is 0 Å². The molecule has 0 unspecified atom stereocenters. The van der Waals surface area contributed by atoms with Gasteiger partial charge in [-0.25, -0.2) is 0 Å². The molecule has 1 heterocycles. The third kappa shape index (κ3) is 5.10. The summed E-state index contributed by atoms with van der Waals surface area (Å²) in [6, 6.07) is 8.48. The molecule has 1 fully saturated rings. The van der Waals surface area contributed by atoms with E-state index in [1.807, 2.05) is 6.92 Å². The monoisotopic (exact) mass is 568 g/mol. The lowest BCUT2D eigenvalue weighted by Gasteiger charge is -2.12. The molecular formula is C21H17IN2O7S. The second-order valence-electron chi connectivity index (χ2n) is 6.46. The van der Waals surface area contributed by atoms with Crippen molar-refractivity contribution in [3.05, 3.63) is 66.1 Å². The number of imide groups is 1. The van der Waals surface area contributed by atoms with E-state index in [4.69, 9.17) is 9.47 Å². The van der Waals surface area contributed by atoms with Gasteiger partial charge in [0.05, 0.1) is 33.7 Å². The number of Topliss-reactive ketones (excluding diaryl/α,β-unsaturated/α-hetero) is 1. The third-order valence-electron chi connectivity index (χ3n) is 4.41. The Morgan fingerprint density at radius 2 is 1.94 bits per heavy atom. The summed E-state index contributed by atoms with van der Waals surface area (Å²) in [5, 5.41) is 10.2. The lowest BCUT2D eigenvalue weighted by atomic mass is 10.1. The number of nitro benzene ring substituents is 1. The molecule has 2 amide bonds. The number of benzene rings is 2. The number of nitrogens with zero attached hydrogens (tertiary/aromatic N) is 2. The summed E-state index contributed by atoms with van der Waals surface area (Å²) in [5.74, 6) is 0.00554. The molecule has 0 bridgehead atoms. The average molecular weight is 568 g/mol. The Labute approximate surface area is 201 Å². The number of carbonyl (C=O) groups is 3. The highest BCUT2D eigenvalue weighted by Gasteiger charge is 2.36. The number of hydrogen-bond donors (Lipinski definition) is 0. The van der Waals surface area contributed by atoms with Crippen LogP contribution < -0.4 is 9.47 Å². The average Bonchev–Trinajstić information content (AvgIpc) is 3.02. The van der Waals surface area contributed by atoms with Crippen molar-refractivity contribution < 1.29 is 28.8 Å². The number of nitro groups is 1. The largest absolute Gasteiger partial charge is 0.493 e. The fourth-order valence-corrected chi connectivity index (χ4v) is 4.52. The Bertz CT molecular complexity index is 1130. The Balaban J connectivity index is 1.79. The van der Waals surface area contributed by atoms with Gasteiger partial charge in [-0.1, -0.05) is 0 Å². The number of ether oxygens (including phenoxy) is 2. The summed E-state index contributed by atoms with van der Waals surface area (Å²) in [5.41, 5.74) is 0.655. The third-order valence-corrected chi connectivity index (χ3v) is 6.12. The fourth-order valence-electron chi connectivity index (χ4n) is 2.90. The van der Waals surface area contributed by atoms with Gasteiger partial charge in [0.15, 0.2) is 17.3 Å². The van der Waals surface area contributed by atoms with Crippen molar-refractivity contribution in [2.24, 2.45) is 0 Å². The predicted molar refractivity (Wildman–Crippen MR) is 127 cm³/mol. The van der Waals surface area contributed by atoms with Crippen LogP contribution in [0.4, 0.5) is 10.5 Å². The van der Waals surface area contributed by atoms with Crippen LogP contribution in [0.1, 0.15) is 22.8 Å². The van der Waals surface area contributed by atoms with E-state index in [1.165, 1.54) is 31.4 Å². The first-order chi connectivity index (χ1) is 15.2. The molecule has 0 spiro atoms. The van der Waals surface area contributed by atoms with Gasteiger partial charge in [0.25, 0.3) is 16.8 Å². The zero-order valence-electron chi connectivity index (χ0n) is 17.0. The molecular weight excluding hydrogens is 551 g/mol. The first-order valence-electron chi connectivity index (χ1n) is 9.28. The topological polar surface area (TPSA) is 116 Å². The van der Waals surface area contributed by atoms with Crippen molar-refractivity contribution in [3.8, 4) is 11.5 Å². The summed E-state index contributed by atoms with van der Waals surface area (Å²) in [6.07, 6.45) is 1.56. The predicted octanol–water partition coefficient (Wildman–Crippen LogP) is 4.53. The lowest BCUT2D eigenvalue weighted by Crippen LogP contribution is -2.33. The molecule has 32 heavy (non-hydrogen) atoms. The van der Waals surface area contributed by atoms with Gasteiger partial charge in [-0.05, 0) is 77.2 Å². The molecule has 0 radical (unpaired) electrons. The van der Waals surface area contributed by atoms with E-state index in [0.29, 0.717) is 23.7 Å². The molecule has 0 aromatic heterocycles. The summed E-state index contributed by atoms with van der Waals surface area (Å²) in [7, 11) is 1.51. The number of methoxy groups -OCH3 is 1. The Hall–Kier alpha value is -2.93. The summed E-state index contributed by atoms with van der Waals surface area (Å²) in [4.78, 5) is 48.8. The number of hydrogen-bond acceptors (Lipinski definition) is 8. The van der Waals surface area contributed by atoms with E-state index in [0.717, 1.165) is 20.2 Å². The molecule has 0 saturated carbocycles. The van der Waals surface area contributed by atoms with Crippen LogP contribution in [-0.2, 0) is 4.79 Å². The zero-order valence-corrected chi connectivity index (χ0v) is 20.0. The molecule has 0 aliphatic carbocycles. The number of halogens is 1. The van der Waals surface area contributed by atoms with E-state index >= 15 is 0 Å². The molecule has 0 atom stereocenters. The van der Waals surface area contributed by atoms with Gasteiger partial charge in [0.2, 0.25) is 0 Å². The maximum atomic E-state index is 12.8. The lowest BCUT2D eigenvalue weighted by molar-refractivity contribution is -0.384. The number of amides is 2. The summed E-state index contributed by atoms with van der Waals surface area (Å²) >= 11 is 2.83. The number of rotatable bonds is 8. The van der Waals surface area contributed by atoms with Gasteiger partial charge in [0.1, 0.15) is 0 Å². The van der Waals surface area contributed by atoms with Crippen LogP contribution in [0.2, 0.25) is 0 Å². The maximum absolute atomic E-state index is 12.8. The number of thioether (sulfide) groups is 1. The van der Waals surface area contributed by atoms with Crippen LogP contribution in [0.15, 0.2) is 41.3 Å². The minimum Gasteiger partial charge on any atom is -0.493 e. The highest BCUT2D eigenvalue weighted by atomic mass is 127. The maximum Gasteiger partial charge on any atom is 0.293 e. The number of ketones is 1. The normalized spacial score (nSPS) is 14.7. The van der Waals surface area contributed by atoms with Crippen LogP contribution >= 0.6 is 34.4 Å². The first-order valence-corrected chi connectivity index (χ1v) is 11.2. The molecule has 1 aliphatic heterocycles. The van der Waals surface area contributed by atoms with Crippen LogP contribution in [-0.4, -0.2) is 47.0 Å². The zero-order chi connectivity index (χ0) is 23.4. The second-order valence-corrected chi connectivity index (χ2v) is 8.62. The SMILES string of the molecule is CCOc1c(I)cc(/C=C2/SC(=O)N(CC(=O)c3ccc([N+](=O)[O-])cc3)C2=O)cc1OC. The van der Waals surface area contributed by atoms with E-state index in [2.05, 4.69) is 22.6 Å². The van der Waals surface area contributed by atoms with Crippen LogP contribution in [0, 0.1) is 13.7 Å². The molecule has 9 nitrogen and oxygen atoms in total. The minimum absolute atomic E-state index is 0.156. The van der Waals surface area contributed by atoms with E-state index < -0.39 is 28.4 Å². The van der Waals surface area contributed by atoms with E-state index in [1.54, 1.807) is 18.2 Å². The molecule has 0 N–H and O–H groups in total. The fraction of sp³-hybridized carbons (Fsp3) is 0.190. The van der Waals surface area contributed by atoms with Crippen molar-refractivity contribution in [2.75, 3.05) is 20.3 Å². The van der Waals surface area contributed by atoms with Crippen molar-refractivity contribution in [1.29, 1.82) is 0 Å². The first kappa shape index (κ1) is 23.7. The van der Waals surface area contributed by atoms with Gasteiger partial charge < -0.3 is 9.47 Å². The standard InChI is InChI=1S/C21H17IN2O7S/c1-3-31-19-15(22)8-12(9-17(19)30-2)10-18-20(26)23(21(27)32-18)11-16(25)13-4-6-14(7-5-13)24(28)29/h4-10H,3,11H2,1-2H3/b18-10+. The van der Waals surface area contributed by atoms with Crippen LogP contribution in [0.3, 0.4) is 0 Å². The van der Waals surface area contributed by atoms with Gasteiger partial charge in [-0.3, -0.25) is 29.4 Å². The van der Waals surface area contributed by atoms with Crippen LogP contribution in [0.25, 0.3) is 6.08 Å². The van der Waals surface area contributed by atoms with Crippen molar-refractivity contribution in [3.63, 3.8) is 0 Å². The Morgan fingerprint density at radius 1 is 1.25 bits per heavy atom. The van der Waals surface area contributed by atoms with Crippen molar-refractivity contribution in [1.82, 2.24) is 4.90 Å².